The standard InChI is InChI=1S/C19H22ClN3O3S/c1-21(2)27(25,26)16-8-9-18(20)17(14-16)19(24)23-12-10-22(11-13-23)15-6-4-3-5-7-15/h3-9,14H,10-13H2,1-2H3. The molecular formula is C19H22ClN3O3S. The topological polar surface area (TPSA) is 60.9 Å². The van der Waals surface area contributed by atoms with Gasteiger partial charge in [0, 0.05) is 46.0 Å². The van der Waals surface area contributed by atoms with E-state index in [-0.39, 0.29) is 21.4 Å². The normalized spacial score (nSPS) is 15.3. The Labute approximate surface area is 165 Å². The van der Waals surface area contributed by atoms with Gasteiger partial charge in [-0.05, 0) is 30.3 Å². The molecule has 1 fully saturated rings. The van der Waals surface area contributed by atoms with Crippen LogP contribution in [0.15, 0.2) is 53.4 Å². The zero-order valence-electron chi connectivity index (χ0n) is 15.3. The van der Waals surface area contributed by atoms with Crippen LogP contribution in [0.1, 0.15) is 10.4 Å². The van der Waals surface area contributed by atoms with Gasteiger partial charge in [-0.2, -0.15) is 0 Å². The van der Waals surface area contributed by atoms with Crippen molar-refractivity contribution in [2.75, 3.05) is 45.2 Å². The first-order valence-corrected chi connectivity index (χ1v) is 10.4. The number of anilines is 1. The fraction of sp³-hybridized carbons (Fsp3) is 0.316. The monoisotopic (exact) mass is 407 g/mol. The summed E-state index contributed by atoms with van der Waals surface area (Å²) in [4.78, 5) is 16.9. The summed E-state index contributed by atoms with van der Waals surface area (Å²) < 4.78 is 25.8. The second kappa shape index (κ2) is 7.88. The molecule has 0 bridgehead atoms. The number of nitrogens with zero attached hydrogens (tertiary/aromatic N) is 3. The first kappa shape index (κ1) is 19.7. The molecule has 0 spiro atoms. The van der Waals surface area contributed by atoms with E-state index < -0.39 is 10.0 Å². The third-order valence-electron chi connectivity index (χ3n) is 4.64. The van der Waals surface area contributed by atoms with E-state index in [1.54, 1.807) is 4.90 Å². The number of sulfonamides is 1. The van der Waals surface area contributed by atoms with Crippen LogP contribution in [-0.2, 0) is 10.0 Å². The molecule has 2 aromatic carbocycles. The van der Waals surface area contributed by atoms with Crippen molar-refractivity contribution in [1.29, 1.82) is 0 Å². The summed E-state index contributed by atoms with van der Waals surface area (Å²) in [6.45, 7) is 2.52. The lowest BCUT2D eigenvalue weighted by atomic mass is 10.1. The highest BCUT2D eigenvalue weighted by atomic mass is 35.5. The van der Waals surface area contributed by atoms with Crippen molar-refractivity contribution in [2.45, 2.75) is 4.90 Å². The Morgan fingerprint density at radius 3 is 2.22 bits per heavy atom. The summed E-state index contributed by atoms with van der Waals surface area (Å²) in [5.41, 5.74) is 1.34. The molecule has 1 aliphatic rings. The van der Waals surface area contributed by atoms with Gasteiger partial charge in [0.2, 0.25) is 10.0 Å². The number of hydrogen-bond donors (Lipinski definition) is 0. The van der Waals surface area contributed by atoms with Crippen LogP contribution < -0.4 is 4.90 Å². The first-order chi connectivity index (χ1) is 12.8. The van der Waals surface area contributed by atoms with Gasteiger partial charge in [0.05, 0.1) is 15.5 Å². The molecule has 0 unspecified atom stereocenters. The fourth-order valence-electron chi connectivity index (χ4n) is 3.02. The Morgan fingerprint density at radius 1 is 1.00 bits per heavy atom. The Bertz CT molecular complexity index is 924. The van der Waals surface area contributed by atoms with E-state index in [1.165, 1.54) is 32.3 Å². The molecule has 0 aromatic heterocycles. The van der Waals surface area contributed by atoms with Crippen molar-refractivity contribution >= 4 is 33.2 Å². The van der Waals surface area contributed by atoms with Crippen molar-refractivity contribution in [1.82, 2.24) is 9.21 Å². The molecule has 0 atom stereocenters. The van der Waals surface area contributed by atoms with Gasteiger partial charge in [-0.25, -0.2) is 12.7 Å². The summed E-state index contributed by atoms with van der Waals surface area (Å²) in [7, 11) is -0.724. The molecule has 0 N–H and O–H groups in total. The lowest BCUT2D eigenvalue weighted by Crippen LogP contribution is -2.48. The van der Waals surface area contributed by atoms with Gasteiger partial charge in [-0.15, -0.1) is 0 Å². The van der Waals surface area contributed by atoms with E-state index in [0.717, 1.165) is 9.99 Å². The van der Waals surface area contributed by atoms with E-state index in [9.17, 15) is 13.2 Å². The van der Waals surface area contributed by atoms with Crippen LogP contribution in [-0.4, -0.2) is 63.8 Å². The third kappa shape index (κ3) is 4.10. The largest absolute Gasteiger partial charge is 0.368 e. The number of piperazine rings is 1. The molecule has 3 rings (SSSR count). The summed E-state index contributed by atoms with van der Waals surface area (Å²) in [6, 6.07) is 14.3. The minimum atomic E-state index is -3.63. The average molecular weight is 408 g/mol. The highest BCUT2D eigenvalue weighted by molar-refractivity contribution is 7.89. The molecule has 27 heavy (non-hydrogen) atoms. The molecule has 6 nitrogen and oxygen atoms in total. The maximum atomic E-state index is 12.9. The smallest absolute Gasteiger partial charge is 0.255 e. The van der Waals surface area contributed by atoms with Crippen LogP contribution in [0.4, 0.5) is 5.69 Å². The fourth-order valence-corrected chi connectivity index (χ4v) is 4.14. The Balaban J connectivity index is 1.77. The van der Waals surface area contributed by atoms with E-state index in [2.05, 4.69) is 4.90 Å². The molecule has 0 radical (unpaired) electrons. The van der Waals surface area contributed by atoms with Crippen LogP contribution >= 0.6 is 11.6 Å². The van der Waals surface area contributed by atoms with Gasteiger partial charge >= 0.3 is 0 Å². The Kier molecular flexibility index (Phi) is 5.74. The second-order valence-electron chi connectivity index (χ2n) is 6.54. The number of halogens is 1. The number of hydrogen-bond acceptors (Lipinski definition) is 4. The lowest BCUT2D eigenvalue weighted by molar-refractivity contribution is 0.0746. The maximum absolute atomic E-state index is 12.9. The SMILES string of the molecule is CN(C)S(=O)(=O)c1ccc(Cl)c(C(=O)N2CCN(c3ccccc3)CC2)c1. The molecule has 0 aliphatic carbocycles. The van der Waals surface area contributed by atoms with Crippen molar-refractivity contribution in [2.24, 2.45) is 0 Å². The van der Waals surface area contributed by atoms with Gasteiger partial charge < -0.3 is 9.80 Å². The summed E-state index contributed by atoms with van der Waals surface area (Å²) in [5.74, 6) is -0.247. The van der Waals surface area contributed by atoms with Gasteiger partial charge in [-0.3, -0.25) is 4.79 Å². The minimum absolute atomic E-state index is 0.0585. The van der Waals surface area contributed by atoms with Gasteiger partial charge in [0.15, 0.2) is 0 Å². The molecule has 0 saturated carbocycles. The highest BCUT2D eigenvalue weighted by Crippen LogP contribution is 2.24. The second-order valence-corrected chi connectivity index (χ2v) is 9.10. The van der Waals surface area contributed by atoms with Gasteiger partial charge in [-0.1, -0.05) is 29.8 Å². The number of amides is 1. The summed E-state index contributed by atoms with van der Waals surface area (Å²) in [6.07, 6.45) is 0. The van der Waals surface area contributed by atoms with Crippen molar-refractivity contribution in [3.05, 3.63) is 59.1 Å². The quantitative estimate of drug-likeness (QED) is 0.781. The van der Waals surface area contributed by atoms with E-state index in [0.29, 0.717) is 26.2 Å². The van der Waals surface area contributed by atoms with Crippen molar-refractivity contribution < 1.29 is 13.2 Å². The first-order valence-electron chi connectivity index (χ1n) is 8.62. The van der Waals surface area contributed by atoms with Crippen LogP contribution in [0.25, 0.3) is 0 Å². The van der Waals surface area contributed by atoms with E-state index in [1.807, 2.05) is 30.3 Å². The van der Waals surface area contributed by atoms with Crippen LogP contribution in [0, 0.1) is 0 Å². The van der Waals surface area contributed by atoms with E-state index in [4.69, 9.17) is 11.6 Å². The maximum Gasteiger partial charge on any atom is 0.255 e. The average Bonchev–Trinajstić information content (AvgIpc) is 2.68. The van der Waals surface area contributed by atoms with Crippen LogP contribution in [0.3, 0.4) is 0 Å². The molecule has 144 valence electrons. The van der Waals surface area contributed by atoms with Crippen LogP contribution in [0.5, 0.6) is 0 Å². The number of para-hydroxylation sites is 1. The molecule has 1 amide bonds. The molecular weight excluding hydrogens is 386 g/mol. The molecule has 8 heteroatoms. The highest BCUT2D eigenvalue weighted by Gasteiger charge is 2.26. The zero-order chi connectivity index (χ0) is 19.6. The van der Waals surface area contributed by atoms with Crippen LogP contribution in [0.2, 0.25) is 5.02 Å². The number of benzene rings is 2. The predicted octanol–water partition coefficient (Wildman–Crippen LogP) is 2.55. The minimum Gasteiger partial charge on any atom is -0.368 e. The third-order valence-corrected chi connectivity index (χ3v) is 6.78. The number of carbonyl (C=O) groups is 1. The number of carbonyl (C=O) groups excluding carboxylic acids is 1. The summed E-state index contributed by atoms with van der Waals surface area (Å²) >= 11 is 6.20. The number of rotatable bonds is 4. The predicted molar refractivity (Wildman–Crippen MR) is 107 cm³/mol. The molecule has 2 aromatic rings. The Hall–Kier alpha value is -2.09. The van der Waals surface area contributed by atoms with Crippen molar-refractivity contribution in [3.63, 3.8) is 0 Å². The molecule has 1 saturated heterocycles. The van der Waals surface area contributed by atoms with Gasteiger partial charge in [0.1, 0.15) is 0 Å². The summed E-state index contributed by atoms with van der Waals surface area (Å²) in [5, 5.41) is 0.253. The van der Waals surface area contributed by atoms with E-state index >= 15 is 0 Å². The Morgan fingerprint density at radius 2 is 1.63 bits per heavy atom. The molecule has 1 heterocycles. The van der Waals surface area contributed by atoms with Crippen molar-refractivity contribution in [3.8, 4) is 0 Å². The zero-order valence-corrected chi connectivity index (χ0v) is 16.9. The van der Waals surface area contributed by atoms with Gasteiger partial charge in [0.25, 0.3) is 5.91 Å². The molecule has 1 aliphatic heterocycles. The lowest BCUT2D eigenvalue weighted by Gasteiger charge is -2.36.